The minimum atomic E-state index is -4.65. The molecule has 0 saturated carbocycles. The summed E-state index contributed by atoms with van der Waals surface area (Å²) in [6.45, 7) is 0. The molecule has 0 fully saturated rings. The van der Waals surface area contributed by atoms with Crippen LogP contribution >= 0.6 is 0 Å². The van der Waals surface area contributed by atoms with Gasteiger partial charge in [-0.05, 0) is 18.2 Å². The number of rotatable bonds is 2. The molecule has 1 radical (unpaired) electrons. The fourth-order valence-corrected chi connectivity index (χ4v) is 2.62. The van der Waals surface area contributed by atoms with Crippen molar-refractivity contribution >= 4 is 16.7 Å². The van der Waals surface area contributed by atoms with Crippen LogP contribution in [-0.4, -0.2) is 10.9 Å². The zero-order chi connectivity index (χ0) is 17.5. The number of pyridine rings is 1. The van der Waals surface area contributed by atoms with Gasteiger partial charge in [0.05, 0.1) is 16.8 Å². The summed E-state index contributed by atoms with van der Waals surface area (Å²) in [5.74, 6) is -0.936. The van der Waals surface area contributed by atoms with E-state index in [0.717, 1.165) is 6.07 Å². The van der Waals surface area contributed by atoms with Crippen molar-refractivity contribution in [2.45, 2.75) is 6.18 Å². The molecular formula is C17H10F3N2O2. The van der Waals surface area contributed by atoms with Crippen LogP contribution in [0.4, 0.5) is 13.2 Å². The van der Waals surface area contributed by atoms with Crippen molar-refractivity contribution < 1.29 is 18.0 Å². The minimum Gasteiger partial charge on any atom is -0.366 e. The number of hydrogen-bond donors (Lipinski definition) is 2. The van der Waals surface area contributed by atoms with Crippen molar-refractivity contribution in [3.63, 3.8) is 0 Å². The fraction of sp³-hybridized carbons (Fsp3) is 0.0588. The van der Waals surface area contributed by atoms with E-state index in [2.05, 4.69) is 11.1 Å². The maximum absolute atomic E-state index is 13.3. The van der Waals surface area contributed by atoms with Crippen molar-refractivity contribution in [1.82, 2.24) is 4.98 Å². The van der Waals surface area contributed by atoms with Crippen molar-refractivity contribution in [2.24, 2.45) is 5.73 Å². The van der Waals surface area contributed by atoms with Gasteiger partial charge in [0.15, 0.2) is 0 Å². The number of aromatic amines is 1. The van der Waals surface area contributed by atoms with Crippen LogP contribution in [-0.2, 0) is 6.18 Å². The number of nitrogens with two attached hydrogens (primary N) is 1. The molecule has 0 unspecified atom stereocenters. The van der Waals surface area contributed by atoms with Crippen molar-refractivity contribution in [3.05, 3.63) is 70.0 Å². The first-order valence-electron chi connectivity index (χ1n) is 6.83. The molecule has 121 valence electrons. The molecule has 2 aromatic carbocycles. The third-order valence-electron chi connectivity index (χ3n) is 3.61. The van der Waals surface area contributed by atoms with Gasteiger partial charge < -0.3 is 10.7 Å². The Balaban J connectivity index is 2.47. The first-order chi connectivity index (χ1) is 11.3. The molecule has 1 amide bonds. The fourth-order valence-electron chi connectivity index (χ4n) is 2.62. The first kappa shape index (κ1) is 15.8. The quantitative estimate of drug-likeness (QED) is 0.757. The molecule has 0 aliphatic rings. The lowest BCUT2D eigenvalue weighted by Crippen LogP contribution is -2.20. The Morgan fingerprint density at radius 2 is 1.83 bits per heavy atom. The number of primary amides is 1. The Hall–Kier alpha value is -3.09. The van der Waals surface area contributed by atoms with E-state index in [-0.39, 0.29) is 27.6 Å². The normalized spacial score (nSPS) is 11.6. The molecule has 0 aliphatic carbocycles. The topological polar surface area (TPSA) is 76.0 Å². The molecule has 4 nitrogen and oxygen atoms in total. The second-order valence-electron chi connectivity index (χ2n) is 5.08. The van der Waals surface area contributed by atoms with Crippen LogP contribution in [0.5, 0.6) is 0 Å². The summed E-state index contributed by atoms with van der Waals surface area (Å²) >= 11 is 0. The van der Waals surface area contributed by atoms with Crippen LogP contribution in [0.2, 0.25) is 0 Å². The minimum absolute atomic E-state index is 0.125. The molecule has 0 bridgehead atoms. The highest BCUT2D eigenvalue weighted by atomic mass is 19.4. The summed E-state index contributed by atoms with van der Waals surface area (Å²) in [4.78, 5) is 26.4. The van der Waals surface area contributed by atoms with Crippen LogP contribution in [0, 0.1) is 6.07 Å². The van der Waals surface area contributed by atoms with E-state index >= 15 is 0 Å². The molecule has 24 heavy (non-hydrogen) atoms. The maximum atomic E-state index is 13.3. The van der Waals surface area contributed by atoms with Gasteiger partial charge in [-0.15, -0.1) is 0 Å². The zero-order valence-corrected chi connectivity index (χ0v) is 12.1. The smallest absolute Gasteiger partial charge is 0.366 e. The van der Waals surface area contributed by atoms with Gasteiger partial charge in [0.25, 0.3) is 11.5 Å². The van der Waals surface area contributed by atoms with E-state index in [1.165, 1.54) is 36.4 Å². The largest absolute Gasteiger partial charge is 0.417 e. The summed E-state index contributed by atoms with van der Waals surface area (Å²) < 4.78 is 39.8. The number of aromatic nitrogens is 1. The molecule has 0 atom stereocenters. The molecule has 3 rings (SSSR count). The predicted octanol–water partition coefficient (Wildman–Crippen LogP) is 3.11. The summed E-state index contributed by atoms with van der Waals surface area (Å²) in [7, 11) is 0. The summed E-state index contributed by atoms with van der Waals surface area (Å²) in [5.41, 5.74) is 3.05. The van der Waals surface area contributed by atoms with Crippen molar-refractivity contribution in [2.75, 3.05) is 0 Å². The zero-order valence-electron chi connectivity index (χ0n) is 12.1. The lowest BCUT2D eigenvalue weighted by atomic mass is 9.96. The lowest BCUT2D eigenvalue weighted by molar-refractivity contribution is -0.137. The molecular weight excluding hydrogens is 321 g/mol. The average molecular weight is 331 g/mol. The van der Waals surface area contributed by atoms with Gasteiger partial charge in [-0.2, -0.15) is 13.2 Å². The Morgan fingerprint density at radius 1 is 1.12 bits per heavy atom. The number of amides is 1. The third-order valence-corrected chi connectivity index (χ3v) is 3.61. The van der Waals surface area contributed by atoms with Crippen LogP contribution in [0.1, 0.15) is 15.9 Å². The van der Waals surface area contributed by atoms with Crippen LogP contribution in [0.15, 0.2) is 47.3 Å². The van der Waals surface area contributed by atoms with E-state index in [1.54, 1.807) is 0 Å². The van der Waals surface area contributed by atoms with Gasteiger partial charge in [0.1, 0.15) is 0 Å². The Kier molecular flexibility index (Phi) is 3.63. The molecule has 7 heteroatoms. The van der Waals surface area contributed by atoms with Crippen molar-refractivity contribution in [3.8, 4) is 11.3 Å². The molecule has 3 N–H and O–H groups in total. The maximum Gasteiger partial charge on any atom is 0.417 e. The highest BCUT2D eigenvalue weighted by Gasteiger charge is 2.34. The van der Waals surface area contributed by atoms with Gasteiger partial charge in [-0.25, -0.2) is 0 Å². The molecule has 0 aliphatic heterocycles. The number of fused-ring (bicyclic) bond motifs is 1. The SMILES string of the molecule is NC(=O)c1c(-c2ccccc2C(F)(F)F)[nH]c(=O)c2c[c]ccc12. The standard InChI is InChI=1S/C17H10F3N2O2/c18-17(19,20)12-8-4-3-7-11(12)14-13(15(21)23)9-5-1-2-6-10(9)16(24)22-14/h1,3-8H,(H2,21,23)(H,22,24). The van der Waals surface area contributed by atoms with Gasteiger partial charge in [-0.1, -0.05) is 30.3 Å². The van der Waals surface area contributed by atoms with Crippen molar-refractivity contribution in [1.29, 1.82) is 0 Å². The molecule has 3 aromatic rings. The first-order valence-corrected chi connectivity index (χ1v) is 6.83. The Labute approximate surface area is 133 Å². The number of hydrogen-bond acceptors (Lipinski definition) is 2. The monoisotopic (exact) mass is 331 g/mol. The number of alkyl halides is 3. The number of carbonyl (C=O) groups excluding carboxylic acids is 1. The number of halogens is 3. The van der Waals surface area contributed by atoms with E-state index in [1.807, 2.05) is 0 Å². The summed E-state index contributed by atoms with van der Waals surface area (Å²) in [6.07, 6.45) is -4.65. The number of nitrogens with one attached hydrogen (secondary N) is 1. The van der Waals surface area contributed by atoms with Crippen LogP contribution < -0.4 is 11.3 Å². The lowest BCUT2D eigenvalue weighted by Gasteiger charge is -2.15. The van der Waals surface area contributed by atoms with Gasteiger partial charge in [-0.3, -0.25) is 9.59 Å². The molecule has 1 aromatic heterocycles. The van der Waals surface area contributed by atoms with Gasteiger partial charge in [0, 0.05) is 16.3 Å². The second kappa shape index (κ2) is 5.52. The average Bonchev–Trinajstić information content (AvgIpc) is 2.53. The van der Waals surface area contributed by atoms with E-state index in [9.17, 15) is 22.8 Å². The summed E-state index contributed by atoms with van der Waals surface area (Å²) in [6, 6.07) is 11.6. The van der Waals surface area contributed by atoms with E-state index < -0.39 is 23.2 Å². The van der Waals surface area contributed by atoms with Crippen LogP contribution in [0.3, 0.4) is 0 Å². The predicted molar refractivity (Wildman–Crippen MR) is 82.4 cm³/mol. The number of benzene rings is 2. The highest BCUT2D eigenvalue weighted by molar-refractivity contribution is 6.10. The van der Waals surface area contributed by atoms with Gasteiger partial charge in [0.2, 0.25) is 0 Å². The highest BCUT2D eigenvalue weighted by Crippen LogP contribution is 2.38. The Bertz CT molecular complexity index is 1010. The second-order valence-corrected chi connectivity index (χ2v) is 5.08. The Morgan fingerprint density at radius 3 is 2.50 bits per heavy atom. The molecule has 0 spiro atoms. The third kappa shape index (κ3) is 2.54. The molecule has 0 saturated heterocycles. The summed E-state index contributed by atoms with van der Waals surface area (Å²) in [5, 5.41) is 0.302. The number of H-pyrrole nitrogens is 1. The van der Waals surface area contributed by atoms with Crippen LogP contribution in [0.25, 0.3) is 22.0 Å². The van der Waals surface area contributed by atoms with E-state index in [4.69, 9.17) is 5.73 Å². The van der Waals surface area contributed by atoms with E-state index in [0.29, 0.717) is 0 Å². The van der Waals surface area contributed by atoms with Gasteiger partial charge >= 0.3 is 6.18 Å². The number of carbonyl (C=O) groups is 1. The molecule has 1 heterocycles.